The first-order valence-corrected chi connectivity index (χ1v) is 8.80. The van der Waals surface area contributed by atoms with Gasteiger partial charge in [-0.2, -0.15) is 0 Å². The van der Waals surface area contributed by atoms with E-state index < -0.39 is 0 Å². The minimum absolute atomic E-state index is 0.923. The summed E-state index contributed by atoms with van der Waals surface area (Å²) in [6.45, 7) is 0. The summed E-state index contributed by atoms with van der Waals surface area (Å²) in [4.78, 5) is 0. The first-order chi connectivity index (χ1) is 9.31. The van der Waals surface area contributed by atoms with Crippen LogP contribution in [-0.4, -0.2) is 0 Å². The zero-order valence-electron chi connectivity index (χ0n) is 11.3. The average Bonchev–Trinajstić information content (AvgIpc) is 2.43. The molecule has 4 bridgehead atoms. The Morgan fingerprint density at radius 2 is 1.47 bits per heavy atom. The Bertz CT molecular complexity index is 467. The van der Waals surface area contributed by atoms with Crippen molar-refractivity contribution in [2.75, 3.05) is 0 Å². The maximum Gasteiger partial charge on any atom is 0.0283 e. The van der Waals surface area contributed by atoms with Crippen molar-refractivity contribution in [1.82, 2.24) is 0 Å². The van der Waals surface area contributed by atoms with Gasteiger partial charge in [-0.15, -0.1) is 0 Å². The molecule has 4 aliphatic rings. The summed E-state index contributed by atoms with van der Waals surface area (Å²) in [7, 11) is 0. The largest absolute Gasteiger partial charge is 0.0876 e. The van der Waals surface area contributed by atoms with Crippen LogP contribution >= 0.6 is 15.9 Å². The van der Waals surface area contributed by atoms with Crippen molar-refractivity contribution in [3.05, 3.63) is 41.0 Å². The van der Waals surface area contributed by atoms with Gasteiger partial charge in [-0.25, -0.2) is 0 Å². The first kappa shape index (κ1) is 12.2. The fourth-order valence-corrected chi connectivity index (χ4v) is 5.23. The molecule has 5 rings (SSSR count). The van der Waals surface area contributed by atoms with Gasteiger partial charge in [0.1, 0.15) is 0 Å². The molecule has 1 heteroatoms. The number of benzene rings is 1. The molecule has 0 amide bonds. The van der Waals surface area contributed by atoms with Crippen molar-refractivity contribution in [3.8, 4) is 0 Å². The molecule has 100 valence electrons. The third-order valence-corrected chi connectivity index (χ3v) is 6.20. The molecule has 0 radical (unpaired) electrons. The van der Waals surface area contributed by atoms with Crippen LogP contribution in [0.5, 0.6) is 0 Å². The quantitative estimate of drug-likeness (QED) is 0.639. The lowest BCUT2D eigenvalue weighted by Crippen LogP contribution is -2.40. The molecule has 0 aliphatic heterocycles. The molecule has 0 spiro atoms. The fourth-order valence-electron chi connectivity index (χ4n) is 4.86. The zero-order valence-corrected chi connectivity index (χ0v) is 12.9. The summed E-state index contributed by atoms with van der Waals surface area (Å²) in [6, 6.07) is 9.07. The van der Waals surface area contributed by atoms with E-state index >= 15 is 0 Å². The average molecular weight is 317 g/mol. The van der Waals surface area contributed by atoms with Crippen LogP contribution in [0.15, 0.2) is 29.8 Å². The van der Waals surface area contributed by atoms with E-state index in [2.05, 4.69) is 46.3 Å². The van der Waals surface area contributed by atoms with Crippen LogP contribution in [0.4, 0.5) is 0 Å². The maximum absolute atomic E-state index is 3.52. The Balaban J connectivity index is 1.62. The van der Waals surface area contributed by atoms with E-state index in [9.17, 15) is 0 Å². The van der Waals surface area contributed by atoms with Crippen molar-refractivity contribution in [1.29, 1.82) is 0 Å². The van der Waals surface area contributed by atoms with Crippen LogP contribution < -0.4 is 0 Å². The van der Waals surface area contributed by atoms with E-state index in [-0.39, 0.29) is 0 Å². The molecule has 4 fully saturated rings. The van der Waals surface area contributed by atoms with Gasteiger partial charge in [0.15, 0.2) is 0 Å². The second kappa shape index (κ2) is 4.77. The monoisotopic (exact) mass is 316 g/mol. The van der Waals surface area contributed by atoms with E-state index in [1.54, 1.807) is 12.0 Å². The fraction of sp³-hybridized carbons (Fsp3) is 0.556. The van der Waals surface area contributed by atoms with E-state index in [4.69, 9.17) is 0 Å². The maximum atomic E-state index is 3.52. The van der Waals surface area contributed by atoms with Gasteiger partial charge in [0, 0.05) is 5.33 Å². The summed E-state index contributed by atoms with van der Waals surface area (Å²) in [5.74, 6) is 3.98. The molecule has 4 saturated carbocycles. The number of allylic oxidation sites excluding steroid dienone is 1. The summed E-state index contributed by atoms with van der Waals surface area (Å²) in [6.07, 6.45) is 10.00. The van der Waals surface area contributed by atoms with E-state index in [0.29, 0.717) is 0 Å². The summed E-state index contributed by atoms with van der Waals surface area (Å²) in [5.41, 5.74) is 4.57. The Morgan fingerprint density at radius 1 is 0.895 bits per heavy atom. The van der Waals surface area contributed by atoms with Crippen LogP contribution in [0.1, 0.15) is 43.2 Å². The lowest BCUT2D eigenvalue weighted by atomic mass is 9.54. The molecule has 1 aromatic carbocycles. The van der Waals surface area contributed by atoms with Crippen molar-refractivity contribution in [2.24, 2.45) is 23.7 Å². The molecule has 1 aromatic rings. The number of halogens is 1. The van der Waals surface area contributed by atoms with Crippen LogP contribution in [-0.2, 0) is 5.33 Å². The number of alkyl halides is 1. The molecular weight excluding hydrogens is 296 g/mol. The van der Waals surface area contributed by atoms with Gasteiger partial charge in [0.2, 0.25) is 0 Å². The highest BCUT2D eigenvalue weighted by atomic mass is 79.9. The molecular formula is C18H21Br. The Kier molecular flexibility index (Phi) is 3.06. The van der Waals surface area contributed by atoms with Crippen LogP contribution in [0.3, 0.4) is 0 Å². The minimum atomic E-state index is 0.923. The third-order valence-electron chi connectivity index (χ3n) is 5.55. The molecule has 0 atom stereocenters. The van der Waals surface area contributed by atoms with Crippen molar-refractivity contribution in [3.63, 3.8) is 0 Å². The van der Waals surface area contributed by atoms with E-state index in [1.165, 1.54) is 36.8 Å². The van der Waals surface area contributed by atoms with Gasteiger partial charge in [-0.1, -0.05) is 51.8 Å². The van der Waals surface area contributed by atoms with Crippen molar-refractivity contribution < 1.29 is 0 Å². The van der Waals surface area contributed by atoms with Crippen molar-refractivity contribution in [2.45, 2.75) is 37.4 Å². The predicted octanol–water partition coefficient (Wildman–Crippen LogP) is 5.42. The lowest BCUT2D eigenvalue weighted by molar-refractivity contribution is 0.0710. The van der Waals surface area contributed by atoms with Crippen LogP contribution in [0, 0.1) is 23.7 Å². The first-order valence-electron chi connectivity index (χ1n) is 7.68. The lowest BCUT2D eigenvalue weighted by Gasteiger charge is -2.51. The zero-order chi connectivity index (χ0) is 12.8. The molecule has 0 N–H and O–H groups in total. The number of rotatable bonds is 2. The molecule has 0 unspecified atom stereocenters. The van der Waals surface area contributed by atoms with Crippen LogP contribution in [0.25, 0.3) is 6.08 Å². The Morgan fingerprint density at radius 3 is 2.00 bits per heavy atom. The van der Waals surface area contributed by atoms with Gasteiger partial charge >= 0.3 is 0 Å². The minimum Gasteiger partial charge on any atom is -0.0876 e. The molecule has 4 aliphatic carbocycles. The standard InChI is InChI=1S/C18H21Br/c19-11-13-3-1-12(2-4-13)10-18-16-6-14-5-15(8-16)9-17(18)7-14/h1-4,10,14-17H,5-9,11H2. The smallest absolute Gasteiger partial charge is 0.0283 e. The topological polar surface area (TPSA) is 0 Å². The SMILES string of the molecule is BrCc1ccc(C=C2C3CC4CC(C3)CC2C4)cc1. The predicted molar refractivity (Wildman–Crippen MR) is 84.1 cm³/mol. The van der Waals surface area contributed by atoms with Gasteiger partial charge in [-0.05, 0) is 66.9 Å². The van der Waals surface area contributed by atoms with Gasteiger partial charge in [0.05, 0.1) is 0 Å². The number of hydrogen-bond acceptors (Lipinski definition) is 0. The highest BCUT2D eigenvalue weighted by Crippen LogP contribution is 2.56. The van der Waals surface area contributed by atoms with E-state index in [1.807, 2.05) is 0 Å². The van der Waals surface area contributed by atoms with Gasteiger partial charge in [-0.3, -0.25) is 0 Å². The molecule has 19 heavy (non-hydrogen) atoms. The second-order valence-electron chi connectivity index (χ2n) is 6.82. The van der Waals surface area contributed by atoms with E-state index in [0.717, 1.165) is 29.0 Å². The normalized spacial score (nSPS) is 35.7. The summed E-state index contributed by atoms with van der Waals surface area (Å²) >= 11 is 3.52. The molecule has 0 heterocycles. The Labute approximate surface area is 124 Å². The second-order valence-corrected chi connectivity index (χ2v) is 7.38. The van der Waals surface area contributed by atoms with Gasteiger partial charge < -0.3 is 0 Å². The van der Waals surface area contributed by atoms with Gasteiger partial charge in [0.25, 0.3) is 0 Å². The highest BCUT2D eigenvalue weighted by molar-refractivity contribution is 9.08. The third kappa shape index (κ3) is 2.20. The summed E-state index contributed by atoms with van der Waals surface area (Å²) in [5, 5.41) is 0.957. The molecule has 0 nitrogen and oxygen atoms in total. The molecule has 0 saturated heterocycles. The highest BCUT2D eigenvalue weighted by Gasteiger charge is 2.44. The summed E-state index contributed by atoms with van der Waals surface area (Å²) < 4.78 is 0. The van der Waals surface area contributed by atoms with Crippen LogP contribution in [0.2, 0.25) is 0 Å². The van der Waals surface area contributed by atoms with Crippen molar-refractivity contribution >= 4 is 22.0 Å². The molecule has 0 aromatic heterocycles. The number of hydrogen-bond donors (Lipinski definition) is 0. The Hall–Kier alpha value is -0.560.